The van der Waals surface area contributed by atoms with Crippen LogP contribution in [0.25, 0.3) is 0 Å². The van der Waals surface area contributed by atoms with E-state index >= 15 is 0 Å². The van der Waals surface area contributed by atoms with Crippen molar-refractivity contribution < 1.29 is 24.5 Å². The number of benzene rings is 1. The van der Waals surface area contributed by atoms with Gasteiger partial charge in [-0.1, -0.05) is 6.92 Å². The second-order valence-electron chi connectivity index (χ2n) is 3.89. The molecule has 17 heavy (non-hydrogen) atoms. The number of ether oxygens (including phenoxy) is 1. The van der Waals surface area contributed by atoms with E-state index in [4.69, 9.17) is 4.74 Å². The van der Waals surface area contributed by atoms with Crippen LogP contribution in [0.4, 0.5) is 0 Å². The summed E-state index contributed by atoms with van der Waals surface area (Å²) in [6.07, 6.45) is 0.813. The molecule has 0 saturated heterocycles. The minimum absolute atomic E-state index is 0.00592. The zero-order valence-corrected chi connectivity index (χ0v) is 9.27. The lowest BCUT2D eigenvalue weighted by atomic mass is 10.1. The predicted octanol–water partition coefficient (Wildman–Crippen LogP) is 0.535. The Morgan fingerprint density at radius 3 is 2.47 bits per heavy atom. The van der Waals surface area contributed by atoms with Gasteiger partial charge in [-0.15, -0.1) is 0 Å². The van der Waals surface area contributed by atoms with Crippen molar-refractivity contribution in [1.82, 2.24) is 0 Å². The van der Waals surface area contributed by atoms with E-state index in [1.807, 2.05) is 6.92 Å². The molecule has 0 aliphatic heterocycles. The highest BCUT2D eigenvalue weighted by Gasteiger charge is 2.50. The van der Waals surface area contributed by atoms with Crippen molar-refractivity contribution in [2.75, 3.05) is 6.61 Å². The molecule has 0 spiro atoms. The fraction of sp³-hybridized carbons (Fsp3) is 0.333. The molecular weight excluding hydrogens is 224 g/mol. The number of carbonyl (C=O) groups excluding carboxylic acids is 2. The smallest absolute Gasteiger partial charge is 0.295 e. The number of aliphatic hydroxyl groups is 2. The normalized spacial score (nSPS) is 17.1. The molecule has 0 amide bonds. The molecule has 0 saturated carbocycles. The van der Waals surface area contributed by atoms with Crippen LogP contribution in [0, 0.1) is 0 Å². The van der Waals surface area contributed by atoms with Gasteiger partial charge in [-0.25, -0.2) is 0 Å². The molecule has 1 aromatic carbocycles. The third-order valence-corrected chi connectivity index (χ3v) is 2.59. The van der Waals surface area contributed by atoms with Crippen LogP contribution in [0.15, 0.2) is 18.2 Å². The maximum absolute atomic E-state index is 11.6. The molecular formula is C12H12O5. The molecule has 0 heterocycles. The van der Waals surface area contributed by atoms with Crippen molar-refractivity contribution in [2.45, 2.75) is 19.1 Å². The third kappa shape index (κ3) is 1.73. The van der Waals surface area contributed by atoms with Gasteiger partial charge >= 0.3 is 0 Å². The molecule has 1 aliphatic carbocycles. The molecule has 0 bridgehead atoms. The molecule has 90 valence electrons. The molecule has 0 unspecified atom stereocenters. The van der Waals surface area contributed by atoms with Crippen LogP contribution in [-0.4, -0.2) is 34.2 Å². The van der Waals surface area contributed by atoms with Crippen LogP contribution in [0.5, 0.6) is 5.75 Å². The number of hydrogen-bond donors (Lipinski definition) is 2. The monoisotopic (exact) mass is 236 g/mol. The van der Waals surface area contributed by atoms with E-state index in [0.29, 0.717) is 12.4 Å². The van der Waals surface area contributed by atoms with Crippen LogP contribution >= 0.6 is 0 Å². The molecule has 2 rings (SSSR count). The van der Waals surface area contributed by atoms with Crippen molar-refractivity contribution in [3.05, 3.63) is 29.3 Å². The zero-order valence-electron chi connectivity index (χ0n) is 9.27. The van der Waals surface area contributed by atoms with Crippen LogP contribution in [0.1, 0.15) is 34.1 Å². The lowest BCUT2D eigenvalue weighted by Crippen LogP contribution is -2.40. The van der Waals surface area contributed by atoms with E-state index in [-0.39, 0.29) is 11.1 Å². The van der Waals surface area contributed by atoms with Crippen molar-refractivity contribution >= 4 is 11.6 Å². The van der Waals surface area contributed by atoms with E-state index in [9.17, 15) is 19.8 Å². The van der Waals surface area contributed by atoms with Gasteiger partial charge in [0.1, 0.15) is 5.75 Å². The highest BCUT2D eigenvalue weighted by Crippen LogP contribution is 2.31. The summed E-state index contributed by atoms with van der Waals surface area (Å²) >= 11 is 0. The number of hydrogen-bond acceptors (Lipinski definition) is 5. The standard InChI is InChI=1S/C12H12O5/c1-2-5-17-7-3-4-8-9(6-7)11(14)12(15,16)10(8)13/h3-4,6,15-16H,2,5H2,1H3. The number of carbonyl (C=O) groups is 2. The van der Waals surface area contributed by atoms with E-state index in [1.165, 1.54) is 18.2 Å². The number of rotatable bonds is 3. The largest absolute Gasteiger partial charge is 0.494 e. The van der Waals surface area contributed by atoms with Gasteiger partial charge in [0, 0.05) is 11.1 Å². The summed E-state index contributed by atoms with van der Waals surface area (Å²) in [5.41, 5.74) is 0.0115. The van der Waals surface area contributed by atoms with Gasteiger partial charge < -0.3 is 14.9 Å². The molecule has 0 aromatic heterocycles. The fourth-order valence-corrected chi connectivity index (χ4v) is 1.70. The summed E-state index contributed by atoms with van der Waals surface area (Å²) in [6, 6.07) is 4.26. The van der Waals surface area contributed by atoms with Crippen molar-refractivity contribution in [3.8, 4) is 5.75 Å². The minimum atomic E-state index is -2.92. The molecule has 0 radical (unpaired) electrons. The zero-order chi connectivity index (χ0) is 12.6. The molecule has 0 atom stereocenters. The molecule has 0 fully saturated rings. The van der Waals surface area contributed by atoms with Gasteiger partial charge in [0.25, 0.3) is 5.79 Å². The minimum Gasteiger partial charge on any atom is -0.494 e. The SMILES string of the molecule is CCCOc1ccc2c(c1)C(=O)C(O)(O)C2=O. The first-order valence-electron chi connectivity index (χ1n) is 5.29. The maximum Gasteiger partial charge on any atom is 0.295 e. The average Bonchev–Trinajstić information content (AvgIpc) is 2.49. The Labute approximate surface area is 97.6 Å². The topological polar surface area (TPSA) is 83.8 Å². The van der Waals surface area contributed by atoms with E-state index in [2.05, 4.69) is 0 Å². The molecule has 5 heteroatoms. The highest BCUT2D eigenvalue weighted by molar-refractivity contribution is 6.30. The summed E-state index contributed by atoms with van der Waals surface area (Å²) < 4.78 is 5.31. The van der Waals surface area contributed by atoms with Crippen molar-refractivity contribution in [2.24, 2.45) is 0 Å². The number of ketones is 2. The molecule has 1 aromatic rings. The summed E-state index contributed by atoms with van der Waals surface area (Å²) in [5, 5.41) is 18.7. The Morgan fingerprint density at radius 1 is 1.18 bits per heavy atom. The van der Waals surface area contributed by atoms with Crippen molar-refractivity contribution in [1.29, 1.82) is 0 Å². The summed E-state index contributed by atoms with van der Waals surface area (Å²) in [5.74, 6) is -4.48. The van der Waals surface area contributed by atoms with Crippen LogP contribution in [-0.2, 0) is 0 Å². The van der Waals surface area contributed by atoms with Crippen LogP contribution in [0.2, 0.25) is 0 Å². The van der Waals surface area contributed by atoms with Gasteiger partial charge in [0.15, 0.2) is 0 Å². The highest BCUT2D eigenvalue weighted by atomic mass is 16.5. The third-order valence-electron chi connectivity index (χ3n) is 2.59. The van der Waals surface area contributed by atoms with Crippen LogP contribution < -0.4 is 4.74 Å². The first-order valence-corrected chi connectivity index (χ1v) is 5.29. The molecule has 2 N–H and O–H groups in total. The molecule has 5 nitrogen and oxygen atoms in total. The first-order chi connectivity index (χ1) is 7.98. The quantitative estimate of drug-likeness (QED) is 0.591. The van der Waals surface area contributed by atoms with E-state index in [0.717, 1.165) is 6.42 Å². The number of fused-ring (bicyclic) bond motifs is 1. The van der Waals surface area contributed by atoms with E-state index in [1.54, 1.807) is 0 Å². The Bertz CT molecular complexity index is 490. The van der Waals surface area contributed by atoms with E-state index < -0.39 is 17.4 Å². The Morgan fingerprint density at radius 2 is 1.82 bits per heavy atom. The van der Waals surface area contributed by atoms with Gasteiger partial charge in [-0.2, -0.15) is 0 Å². The van der Waals surface area contributed by atoms with Gasteiger partial charge in [-0.3, -0.25) is 9.59 Å². The molecule has 1 aliphatic rings. The van der Waals surface area contributed by atoms with Crippen molar-refractivity contribution in [3.63, 3.8) is 0 Å². The summed E-state index contributed by atoms with van der Waals surface area (Å²) in [4.78, 5) is 23.1. The lowest BCUT2D eigenvalue weighted by Gasteiger charge is -2.08. The number of Topliss-reactive ketones (excluding diaryl/α,β-unsaturated/α-hetero) is 2. The Kier molecular flexibility index (Phi) is 2.73. The maximum atomic E-state index is 11.6. The Hall–Kier alpha value is -1.72. The van der Waals surface area contributed by atoms with Gasteiger partial charge in [0.2, 0.25) is 11.6 Å². The lowest BCUT2D eigenvalue weighted by molar-refractivity contribution is -0.0857. The second kappa shape index (κ2) is 3.94. The predicted molar refractivity (Wildman–Crippen MR) is 58.1 cm³/mol. The Balaban J connectivity index is 2.40. The van der Waals surface area contributed by atoms with Gasteiger partial charge in [-0.05, 0) is 24.6 Å². The fourth-order valence-electron chi connectivity index (χ4n) is 1.70. The summed E-state index contributed by atoms with van der Waals surface area (Å²) in [7, 11) is 0. The van der Waals surface area contributed by atoms with Gasteiger partial charge in [0.05, 0.1) is 6.61 Å². The first kappa shape index (κ1) is 11.8. The second-order valence-corrected chi connectivity index (χ2v) is 3.89. The average molecular weight is 236 g/mol. The van der Waals surface area contributed by atoms with Crippen LogP contribution in [0.3, 0.4) is 0 Å². The summed E-state index contributed by atoms with van der Waals surface area (Å²) in [6.45, 7) is 2.43.